The van der Waals surface area contributed by atoms with Crippen molar-refractivity contribution in [1.29, 1.82) is 10.5 Å². The second-order valence-corrected chi connectivity index (χ2v) is 5.10. The predicted octanol–water partition coefficient (Wildman–Crippen LogP) is 2.45. The summed E-state index contributed by atoms with van der Waals surface area (Å²) in [6.07, 6.45) is 3.27. The summed E-state index contributed by atoms with van der Waals surface area (Å²) in [4.78, 5) is 16.5. The van der Waals surface area contributed by atoms with Gasteiger partial charge in [0.15, 0.2) is 11.6 Å². The first-order valence-corrected chi connectivity index (χ1v) is 7.04. The molecule has 1 aromatic carbocycles. The molecule has 1 heterocycles. The molecule has 0 saturated carbocycles. The van der Waals surface area contributed by atoms with Gasteiger partial charge in [-0.15, -0.1) is 0 Å². The van der Waals surface area contributed by atoms with E-state index in [2.05, 4.69) is 4.98 Å². The van der Waals surface area contributed by atoms with Crippen LogP contribution in [0.5, 0.6) is 5.75 Å². The van der Waals surface area contributed by atoms with E-state index in [1.54, 1.807) is 55.4 Å². The Morgan fingerprint density at radius 2 is 1.96 bits per heavy atom. The second kappa shape index (κ2) is 7.24. The molecular formula is C17H16N4O2. The SMILES string of the molecule is COc1ccc(C(CC(=O)c2nccn2C)C(C#N)C#N)cc1. The summed E-state index contributed by atoms with van der Waals surface area (Å²) < 4.78 is 6.73. The standard InChI is InChI=1S/C17H16N4O2/c1-21-8-7-20-17(21)16(22)9-15(13(10-18)11-19)12-3-5-14(23-2)6-4-12/h3-8,13,15H,9H2,1-2H3. The van der Waals surface area contributed by atoms with Crippen molar-refractivity contribution in [3.05, 3.63) is 48.0 Å². The maximum Gasteiger partial charge on any atom is 0.198 e. The molecule has 1 atom stereocenters. The lowest BCUT2D eigenvalue weighted by atomic mass is 9.83. The topological polar surface area (TPSA) is 91.7 Å². The third kappa shape index (κ3) is 3.56. The third-order valence-corrected chi connectivity index (χ3v) is 3.70. The first-order chi connectivity index (χ1) is 11.1. The van der Waals surface area contributed by atoms with Gasteiger partial charge in [-0.2, -0.15) is 10.5 Å². The van der Waals surface area contributed by atoms with Gasteiger partial charge in [-0.25, -0.2) is 4.98 Å². The fourth-order valence-electron chi connectivity index (χ4n) is 2.41. The lowest BCUT2D eigenvalue weighted by Gasteiger charge is -2.17. The molecule has 0 aliphatic heterocycles. The third-order valence-electron chi connectivity index (χ3n) is 3.70. The van der Waals surface area contributed by atoms with Crippen LogP contribution in [-0.2, 0) is 7.05 Å². The predicted molar refractivity (Wildman–Crippen MR) is 82.6 cm³/mol. The van der Waals surface area contributed by atoms with Gasteiger partial charge in [-0.05, 0) is 17.7 Å². The number of hydrogen-bond donors (Lipinski definition) is 0. The van der Waals surface area contributed by atoms with Crippen molar-refractivity contribution in [3.63, 3.8) is 0 Å². The zero-order valence-corrected chi connectivity index (χ0v) is 12.9. The fourth-order valence-corrected chi connectivity index (χ4v) is 2.41. The fraction of sp³-hybridized carbons (Fsp3) is 0.294. The molecule has 0 fully saturated rings. The summed E-state index contributed by atoms with van der Waals surface area (Å²) in [5, 5.41) is 18.5. The van der Waals surface area contributed by atoms with Crippen LogP contribution in [0.25, 0.3) is 0 Å². The number of ether oxygens (including phenoxy) is 1. The van der Waals surface area contributed by atoms with E-state index >= 15 is 0 Å². The molecule has 2 rings (SSSR count). The number of rotatable bonds is 6. The molecule has 2 aromatic rings. The zero-order chi connectivity index (χ0) is 16.8. The largest absolute Gasteiger partial charge is 0.497 e. The highest BCUT2D eigenvalue weighted by Crippen LogP contribution is 2.30. The Hall–Kier alpha value is -3.12. The molecule has 23 heavy (non-hydrogen) atoms. The maximum atomic E-state index is 12.4. The van der Waals surface area contributed by atoms with E-state index in [4.69, 9.17) is 4.74 Å². The van der Waals surface area contributed by atoms with E-state index in [1.165, 1.54) is 0 Å². The monoisotopic (exact) mass is 308 g/mol. The molecule has 116 valence electrons. The molecule has 1 unspecified atom stereocenters. The van der Waals surface area contributed by atoms with Gasteiger partial charge in [0.25, 0.3) is 0 Å². The summed E-state index contributed by atoms with van der Waals surface area (Å²) in [6.45, 7) is 0. The molecule has 0 aliphatic carbocycles. The Balaban J connectivity index is 2.31. The molecule has 1 aromatic heterocycles. The molecule has 0 saturated heterocycles. The zero-order valence-electron chi connectivity index (χ0n) is 12.9. The average Bonchev–Trinajstić information content (AvgIpc) is 3.01. The average molecular weight is 308 g/mol. The minimum Gasteiger partial charge on any atom is -0.497 e. The van der Waals surface area contributed by atoms with E-state index < -0.39 is 11.8 Å². The highest BCUT2D eigenvalue weighted by atomic mass is 16.5. The first-order valence-electron chi connectivity index (χ1n) is 7.04. The molecule has 0 bridgehead atoms. The van der Waals surface area contributed by atoms with Gasteiger partial charge in [0.2, 0.25) is 0 Å². The lowest BCUT2D eigenvalue weighted by Crippen LogP contribution is -2.17. The summed E-state index contributed by atoms with van der Waals surface area (Å²) in [5.41, 5.74) is 0.751. The van der Waals surface area contributed by atoms with Crippen molar-refractivity contribution >= 4 is 5.78 Å². The highest BCUT2D eigenvalue weighted by molar-refractivity contribution is 5.93. The number of Topliss-reactive ketones (excluding diaryl/α,β-unsaturated/α-hetero) is 1. The van der Waals surface area contributed by atoms with E-state index in [-0.39, 0.29) is 12.2 Å². The number of carbonyl (C=O) groups excluding carboxylic acids is 1. The molecule has 6 nitrogen and oxygen atoms in total. The van der Waals surface area contributed by atoms with Crippen LogP contribution < -0.4 is 4.74 Å². The van der Waals surface area contributed by atoms with E-state index in [0.717, 1.165) is 5.56 Å². The van der Waals surface area contributed by atoms with E-state index in [9.17, 15) is 15.3 Å². The number of aryl methyl sites for hydroxylation is 1. The Bertz CT molecular complexity index is 751. The quantitative estimate of drug-likeness (QED) is 0.764. The summed E-state index contributed by atoms with van der Waals surface area (Å²) in [5.74, 6) is -0.631. The second-order valence-electron chi connectivity index (χ2n) is 5.10. The number of methoxy groups -OCH3 is 1. The molecular weight excluding hydrogens is 292 g/mol. The van der Waals surface area contributed by atoms with Crippen LogP contribution in [0.2, 0.25) is 0 Å². The van der Waals surface area contributed by atoms with Crippen molar-refractivity contribution in [1.82, 2.24) is 9.55 Å². The molecule has 0 aliphatic rings. The van der Waals surface area contributed by atoms with Crippen molar-refractivity contribution in [2.75, 3.05) is 7.11 Å². The van der Waals surface area contributed by atoms with Crippen molar-refractivity contribution in [3.8, 4) is 17.9 Å². The maximum absolute atomic E-state index is 12.4. The number of imidazole rings is 1. The Kier molecular flexibility index (Phi) is 5.11. The summed E-state index contributed by atoms with van der Waals surface area (Å²) in [6, 6.07) is 11.0. The Morgan fingerprint density at radius 3 is 2.43 bits per heavy atom. The molecule has 0 N–H and O–H groups in total. The molecule has 0 spiro atoms. The smallest absolute Gasteiger partial charge is 0.198 e. The van der Waals surface area contributed by atoms with Crippen molar-refractivity contribution < 1.29 is 9.53 Å². The summed E-state index contributed by atoms with van der Waals surface area (Å²) >= 11 is 0. The molecule has 0 amide bonds. The first kappa shape index (κ1) is 16.3. The van der Waals surface area contributed by atoms with Crippen LogP contribution >= 0.6 is 0 Å². The van der Waals surface area contributed by atoms with Crippen LogP contribution in [0, 0.1) is 28.6 Å². The Morgan fingerprint density at radius 1 is 1.30 bits per heavy atom. The number of ketones is 1. The van der Waals surface area contributed by atoms with Gasteiger partial charge in [0, 0.05) is 31.8 Å². The van der Waals surface area contributed by atoms with Gasteiger partial charge < -0.3 is 9.30 Å². The van der Waals surface area contributed by atoms with Gasteiger partial charge >= 0.3 is 0 Å². The number of hydrogen-bond acceptors (Lipinski definition) is 5. The Labute approximate surface area is 134 Å². The highest BCUT2D eigenvalue weighted by Gasteiger charge is 2.27. The lowest BCUT2D eigenvalue weighted by molar-refractivity contribution is 0.0957. The van der Waals surface area contributed by atoms with Crippen LogP contribution in [0.4, 0.5) is 0 Å². The number of nitrogens with zero attached hydrogens (tertiary/aromatic N) is 4. The number of aromatic nitrogens is 2. The van der Waals surface area contributed by atoms with Gasteiger partial charge in [-0.1, -0.05) is 12.1 Å². The van der Waals surface area contributed by atoms with Crippen LogP contribution in [0.3, 0.4) is 0 Å². The van der Waals surface area contributed by atoms with Crippen molar-refractivity contribution in [2.24, 2.45) is 13.0 Å². The summed E-state index contributed by atoms with van der Waals surface area (Å²) in [7, 11) is 3.29. The molecule has 6 heteroatoms. The van der Waals surface area contributed by atoms with Crippen LogP contribution in [-0.4, -0.2) is 22.4 Å². The van der Waals surface area contributed by atoms with Gasteiger partial charge in [-0.3, -0.25) is 4.79 Å². The molecule has 0 radical (unpaired) electrons. The number of benzene rings is 1. The minimum absolute atomic E-state index is 0.0446. The van der Waals surface area contributed by atoms with E-state index in [1.807, 2.05) is 12.1 Å². The van der Waals surface area contributed by atoms with E-state index in [0.29, 0.717) is 11.6 Å². The number of nitriles is 2. The van der Waals surface area contributed by atoms with Crippen LogP contribution in [0.1, 0.15) is 28.5 Å². The van der Waals surface area contributed by atoms with Crippen molar-refractivity contribution in [2.45, 2.75) is 12.3 Å². The minimum atomic E-state index is -0.910. The van der Waals surface area contributed by atoms with Gasteiger partial charge in [0.1, 0.15) is 11.7 Å². The van der Waals surface area contributed by atoms with Crippen LogP contribution in [0.15, 0.2) is 36.7 Å². The normalized spacial score (nSPS) is 11.5. The van der Waals surface area contributed by atoms with Gasteiger partial charge in [0.05, 0.1) is 19.2 Å². The number of carbonyl (C=O) groups is 1.